The van der Waals surface area contributed by atoms with E-state index in [0.717, 1.165) is 16.5 Å². The van der Waals surface area contributed by atoms with Crippen LogP contribution in [0.15, 0.2) is 41.7 Å². The predicted octanol–water partition coefficient (Wildman–Crippen LogP) is 2.54. The maximum Gasteiger partial charge on any atom is 0.338 e. The van der Waals surface area contributed by atoms with Gasteiger partial charge in [-0.1, -0.05) is 38.5 Å². The van der Waals surface area contributed by atoms with Crippen molar-refractivity contribution in [1.82, 2.24) is 9.97 Å². The molecule has 0 aliphatic rings. The highest BCUT2D eigenvalue weighted by Crippen LogP contribution is 2.24. The fourth-order valence-electron chi connectivity index (χ4n) is 3.51. The lowest BCUT2D eigenvalue weighted by Crippen LogP contribution is -2.40. The van der Waals surface area contributed by atoms with Crippen LogP contribution in [0.5, 0.6) is 5.75 Å². The first-order valence-electron chi connectivity index (χ1n) is 11.1. The van der Waals surface area contributed by atoms with Gasteiger partial charge in [0.25, 0.3) is 0 Å². The van der Waals surface area contributed by atoms with Crippen LogP contribution in [-0.2, 0) is 27.4 Å². The zero-order valence-electron chi connectivity index (χ0n) is 19.5. The van der Waals surface area contributed by atoms with Crippen LogP contribution in [0.4, 0.5) is 0 Å². The minimum Gasteiger partial charge on any atom is -0.505 e. The van der Waals surface area contributed by atoms with Crippen molar-refractivity contribution in [2.24, 2.45) is 16.6 Å². The summed E-state index contributed by atoms with van der Waals surface area (Å²) in [5.41, 5.74) is 8.58. The molecule has 9 heteroatoms. The van der Waals surface area contributed by atoms with E-state index in [1.165, 1.54) is 12.4 Å². The molecular formula is C25H30N4O5. The van der Waals surface area contributed by atoms with Gasteiger partial charge in [-0.05, 0) is 24.5 Å². The average molecular weight is 467 g/mol. The van der Waals surface area contributed by atoms with Crippen molar-refractivity contribution < 1.29 is 24.5 Å². The molecule has 180 valence electrons. The number of pyridine rings is 1. The van der Waals surface area contributed by atoms with Gasteiger partial charge in [0.05, 0.1) is 12.3 Å². The smallest absolute Gasteiger partial charge is 0.338 e. The molecule has 0 spiro atoms. The number of aromatic amines is 1. The number of esters is 2. The van der Waals surface area contributed by atoms with E-state index in [1.807, 2.05) is 38.1 Å². The number of rotatable bonds is 9. The Hall–Kier alpha value is -3.56. The molecule has 3 rings (SSSR count). The summed E-state index contributed by atoms with van der Waals surface area (Å²) in [6.45, 7) is 4.94. The number of para-hydroxylation sites is 1. The van der Waals surface area contributed by atoms with Gasteiger partial charge >= 0.3 is 11.9 Å². The minimum absolute atomic E-state index is 0.143. The Balaban J connectivity index is 1.94. The molecule has 3 aromatic rings. The third kappa shape index (κ3) is 5.49. The number of aliphatic hydroxyl groups excluding tert-OH is 1. The number of aliphatic imine (C=N–C) groups is 1. The number of hydrogen-bond acceptors (Lipinski definition) is 8. The third-order valence-electron chi connectivity index (χ3n) is 6.00. The lowest BCUT2D eigenvalue weighted by Gasteiger charge is -2.18. The summed E-state index contributed by atoms with van der Waals surface area (Å²) in [7, 11) is 0. The Morgan fingerprint density at radius 1 is 1.26 bits per heavy atom. The lowest BCUT2D eigenvalue weighted by atomic mass is 10.0. The number of fused-ring (bicyclic) bond motifs is 1. The van der Waals surface area contributed by atoms with Crippen LogP contribution in [0.25, 0.3) is 10.9 Å². The van der Waals surface area contributed by atoms with Gasteiger partial charge in [-0.3, -0.25) is 9.98 Å². The molecule has 0 aliphatic carbocycles. The molecule has 0 bridgehead atoms. The number of carbonyl (C=O) groups excluding carboxylic acids is 2. The van der Waals surface area contributed by atoms with Gasteiger partial charge < -0.3 is 25.7 Å². The van der Waals surface area contributed by atoms with Gasteiger partial charge in [-0.25, -0.2) is 9.59 Å². The van der Waals surface area contributed by atoms with Crippen molar-refractivity contribution in [2.75, 3.05) is 0 Å². The second-order valence-corrected chi connectivity index (χ2v) is 8.30. The van der Waals surface area contributed by atoms with Crippen LogP contribution in [0, 0.1) is 12.8 Å². The van der Waals surface area contributed by atoms with Crippen molar-refractivity contribution in [3.05, 3.63) is 59.0 Å². The monoisotopic (exact) mass is 466 g/mol. The number of aromatic hydroxyl groups is 1. The summed E-state index contributed by atoms with van der Waals surface area (Å²) in [4.78, 5) is 37.0. The molecular weight excluding hydrogens is 436 g/mol. The SMILES string of the molecule is CC[C@H](C)[C@H](N)C(=O)OC(=O)[C@H](Cc1c[nH]c2ccccc12)N=Cc1c(CO)cnc(C)c1O. The van der Waals surface area contributed by atoms with Crippen LogP contribution in [0.3, 0.4) is 0 Å². The highest BCUT2D eigenvalue weighted by atomic mass is 16.6. The summed E-state index contributed by atoms with van der Waals surface area (Å²) < 4.78 is 5.11. The van der Waals surface area contributed by atoms with Crippen molar-refractivity contribution in [1.29, 1.82) is 0 Å². The van der Waals surface area contributed by atoms with Crippen LogP contribution >= 0.6 is 0 Å². The Bertz CT molecular complexity index is 1200. The first kappa shape index (κ1) is 25.1. The number of nitrogens with one attached hydrogen (secondary N) is 1. The average Bonchev–Trinajstić information content (AvgIpc) is 3.25. The van der Waals surface area contributed by atoms with E-state index in [1.54, 1.807) is 13.1 Å². The summed E-state index contributed by atoms with van der Waals surface area (Å²) in [5, 5.41) is 20.9. The molecule has 2 heterocycles. The van der Waals surface area contributed by atoms with Crippen LogP contribution in [0.2, 0.25) is 0 Å². The number of ether oxygens (including phenoxy) is 1. The minimum atomic E-state index is -1.09. The molecule has 3 atom stereocenters. The van der Waals surface area contributed by atoms with Crippen molar-refractivity contribution in [2.45, 2.75) is 52.3 Å². The Labute approximate surface area is 197 Å². The Kier molecular flexibility index (Phi) is 8.14. The quantitative estimate of drug-likeness (QED) is 0.215. The summed E-state index contributed by atoms with van der Waals surface area (Å²) in [5.74, 6) is -1.96. The van der Waals surface area contributed by atoms with E-state index >= 15 is 0 Å². The summed E-state index contributed by atoms with van der Waals surface area (Å²) >= 11 is 0. The van der Waals surface area contributed by atoms with E-state index in [-0.39, 0.29) is 30.3 Å². The molecule has 0 aliphatic heterocycles. The summed E-state index contributed by atoms with van der Waals surface area (Å²) in [6, 6.07) is 5.59. The van der Waals surface area contributed by atoms with Gasteiger partial charge in [0.2, 0.25) is 0 Å². The predicted molar refractivity (Wildman–Crippen MR) is 128 cm³/mol. The molecule has 1 aromatic carbocycles. The van der Waals surface area contributed by atoms with Crippen molar-refractivity contribution in [3.8, 4) is 5.75 Å². The maximum atomic E-state index is 13.0. The van der Waals surface area contributed by atoms with Crippen molar-refractivity contribution >= 4 is 29.1 Å². The lowest BCUT2D eigenvalue weighted by molar-refractivity contribution is -0.162. The molecule has 34 heavy (non-hydrogen) atoms. The maximum absolute atomic E-state index is 13.0. The largest absolute Gasteiger partial charge is 0.505 e. The Morgan fingerprint density at radius 3 is 2.71 bits per heavy atom. The van der Waals surface area contributed by atoms with Crippen LogP contribution in [0.1, 0.15) is 42.7 Å². The van der Waals surface area contributed by atoms with Crippen LogP contribution < -0.4 is 5.73 Å². The zero-order chi connectivity index (χ0) is 24.8. The van der Waals surface area contributed by atoms with Gasteiger partial charge in [-0.15, -0.1) is 0 Å². The number of benzene rings is 1. The van der Waals surface area contributed by atoms with E-state index in [4.69, 9.17) is 10.5 Å². The molecule has 0 amide bonds. The van der Waals surface area contributed by atoms with E-state index in [9.17, 15) is 19.8 Å². The topological polar surface area (TPSA) is 151 Å². The molecule has 9 nitrogen and oxygen atoms in total. The first-order valence-corrected chi connectivity index (χ1v) is 11.1. The summed E-state index contributed by atoms with van der Waals surface area (Å²) in [6.07, 6.45) is 5.31. The fraction of sp³-hybridized carbons (Fsp3) is 0.360. The number of hydrogen-bond donors (Lipinski definition) is 4. The van der Waals surface area contributed by atoms with Gasteiger partial charge in [-0.2, -0.15) is 0 Å². The highest BCUT2D eigenvalue weighted by Gasteiger charge is 2.28. The molecule has 0 saturated carbocycles. The number of aliphatic hydroxyl groups is 1. The molecule has 0 radical (unpaired) electrons. The molecule has 2 aromatic heterocycles. The standard InChI is InChI=1S/C25H30N4O5/c1-4-14(2)22(26)25(33)34-24(32)21(9-16-10-28-20-8-6-5-7-18(16)20)29-12-19-17(13-30)11-27-15(3)23(19)31/h5-8,10-12,14,21-22,28,30-31H,4,9,13,26H2,1-3H3/t14-,21-,22-/m0/s1. The van der Waals surface area contributed by atoms with Crippen LogP contribution in [-0.4, -0.2) is 50.4 Å². The normalized spacial score (nSPS) is 14.3. The first-order chi connectivity index (χ1) is 16.3. The molecule has 5 N–H and O–H groups in total. The fourth-order valence-corrected chi connectivity index (χ4v) is 3.51. The highest BCUT2D eigenvalue weighted by molar-refractivity contribution is 5.94. The number of H-pyrrole nitrogens is 1. The molecule has 0 fully saturated rings. The molecule has 0 unspecified atom stereocenters. The van der Waals surface area contributed by atoms with Crippen molar-refractivity contribution in [3.63, 3.8) is 0 Å². The van der Waals surface area contributed by atoms with Gasteiger partial charge in [0.15, 0.2) is 6.04 Å². The Morgan fingerprint density at radius 2 is 2.00 bits per heavy atom. The molecule has 0 saturated heterocycles. The number of nitrogens with two attached hydrogens (primary N) is 1. The van der Waals surface area contributed by atoms with E-state index < -0.39 is 24.0 Å². The van der Waals surface area contributed by atoms with Gasteiger partial charge in [0, 0.05) is 47.1 Å². The van der Waals surface area contributed by atoms with E-state index in [0.29, 0.717) is 17.7 Å². The van der Waals surface area contributed by atoms with E-state index in [2.05, 4.69) is 15.0 Å². The zero-order valence-corrected chi connectivity index (χ0v) is 19.5. The third-order valence-corrected chi connectivity index (χ3v) is 6.00. The number of nitrogens with zero attached hydrogens (tertiary/aromatic N) is 2. The second-order valence-electron chi connectivity index (χ2n) is 8.30. The second kappa shape index (κ2) is 11.0. The number of aromatic nitrogens is 2. The number of carbonyl (C=O) groups is 2. The number of aryl methyl sites for hydroxylation is 1. The van der Waals surface area contributed by atoms with Gasteiger partial charge in [0.1, 0.15) is 11.8 Å².